The van der Waals surface area contributed by atoms with E-state index < -0.39 is 53.2 Å². The number of hydrogen-bond donors (Lipinski definition) is 1. The molecule has 1 amide bonds. The number of nitrogens with zero attached hydrogens (tertiary/aromatic N) is 1. The normalized spacial score (nSPS) is 28.0. The molecule has 0 bridgehead atoms. The molecular formula is C45H53ClN2O6S. The summed E-state index contributed by atoms with van der Waals surface area (Å²) in [4.78, 5) is 16.3. The molecule has 55 heavy (non-hydrogen) atoms. The molecule has 3 aliphatic rings. The molecule has 0 radical (unpaired) electrons. The number of methoxy groups -OCH3 is 1. The molecule has 3 fully saturated rings. The average molecular weight is 785 g/mol. The van der Waals surface area contributed by atoms with Crippen molar-refractivity contribution < 1.29 is 28.5 Å². The molecule has 0 aromatic heterocycles. The molecule has 0 aliphatic carbocycles. The van der Waals surface area contributed by atoms with Gasteiger partial charge < -0.3 is 29.0 Å². The summed E-state index contributed by atoms with van der Waals surface area (Å²) in [5, 5.41) is 2.87. The second-order valence-corrected chi connectivity index (χ2v) is 16.6. The number of thioether (sulfide) groups is 1. The highest BCUT2D eigenvalue weighted by molar-refractivity contribution is 7.99. The summed E-state index contributed by atoms with van der Waals surface area (Å²) in [6.07, 6.45) is 1.80. The van der Waals surface area contributed by atoms with Crippen molar-refractivity contribution in [3.05, 3.63) is 138 Å². The summed E-state index contributed by atoms with van der Waals surface area (Å²) in [5.74, 6) is 1.18. The minimum atomic E-state index is -1.04. The number of likely N-dealkylation sites (tertiary alicyclic amines) is 1. The fourth-order valence-electron chi connectivity index (χ4n) is 8.66. The van der Waals surface area contributed by atoms with Gasteiger partial charge in [-0.1, -0.05) is 116 Å². The Morgan fingerprint density at radius 2 is 1.45 bits per heavy atom. The van der Waals surface area contributed by atoms with Gasteiger partial charge in [-0.15, -0.1) is 23.4 Å². The zero-order valence-electron chi connectivity index (χ0n) is 32.3. The Morgan fingerprint density at radius 3 is 1.96 bits per heavy atom. The molecule has 8 nitrogen and oxygen atoms in total. The Kier molecular flexibility index (Phi) is 12.9. The largest absolute Gasteiger partial charge is 0.497 e. The van der Waals surface area contributed by atoms with Crippen molar-refractivity contribution >= 4 is 29.3 Å². The van der Waals surface area contributed by atoms with Crippen molar-refractivity contribution in [3.8, 4) is 5.75 Å². The molecule has 1 N–H and O–H groups in total. The Morgan fingerprint density at radius 1 is 0.891 bits per heavy atom. The first-order valence-corrected chi connectivity index (χ1v) is 21.1. The zero-order valence-corrected chi connectivity index (χ0v) is 33.8. The minimum absolute atomic E-state index is 0.0419. The van der Waals surface area contributed by atoms with Crippen LogP contribution in [0.15, 0.2) is 115 Å². The number of fused-ring (bicyclic) bond motifs is 1. The summed E-state index contributed by atoms with van der Waals surface area (Å²) in [6, 6.07) is 37.8. The van der Waals surface area contributed by atoms with Gasteiger partial charge in [0.1, 0.15) is 41.2 Å². The first-order valence-electron chi connectivity index (χ1n) is 19.4. The van der Waals surface area contributed by atoms with Crippen LogP contribution in [0.4, 0.5) is 0 Å². The van der Waals surface area contributed by atoms with Crippen molar-refractivity contribution in [2.45, 2.75) is 92.3 Å². The van der Waals surface area contributed by atoms with E-state index in [0.29, 0.717) is 5.92 Å². The number of likely N-dealkylation sites (N-methyl/N-ethyl adjacent to an activating group) is 1. The van der Waals surface area contributed by atoms with Gasteiger partial charge in [0.2, 0.25) is 5.91 Å². The van der Waals surface area contributed by atoms with E-state index >= 15 is 0 Å². The van der Waals surface area contributed by atoms with Crippen LogP contribution >= 0.6 is 23.4 Å². The quantitative estimate of drug-likeness (QED) is 0.101. The van der Waals surface area contributed by atoms with Crippen molar-refractivity contribution in [1.82, 2.24) is 10.2 Å². The maximum atomic E-state index is 14.1. The van der Waals surface area contributed by atoms with Gasteiger partial charge in [0, 0.05) is 12.1 Å². The van der Waals surface area contributed by atoms with Gasteiger partial charge in [0.05, 0.1) is 24.6 Å². The summed E-state index contributed by atoms with van der Waals surface area (Å²) < 4.78 is 34.1. The van der Waals surface area contributed by atoms with Crippen LogP contribution in [0.5, 0.6) is 5.75 Å². The van der Waals surface area contributed by atoms with Gasteiger partial charge in [-0.25, -0.2) is 0 Å². The van der Waals surface area contributed by atoms with E-state index in [1.165, 1.54) is 0 Å². The molecule has 0 saturated carbocycles. The second kappa shape index (κ2) is 17.8. The number of nitrogens with one attached hydrogen (secondary N) is 1. The summed E-state index contributed by atoms with van der Waals surface area (Å²) >= 11 is 8.59. The topological polar surface area (TPSA) is 78.5 Å². The van der Waals surface area contributed by atoms with E-state index in [0.717, 1.165) is 53.8 Å². The number of rotatable bonds is 14. The number of carbonyl (C=O) groups is 1. The number of hydrogen-bond acceptors (Lipinski definition) is 8. The van der Waals surface area contributed by atoms with Gasteiger partial charge in [-0.05, 0) is 67.8 Å². The van der Waals surface area contributed by atoms with Crippen LogP contribution in [0.2, 0.25) is 0 Å². The fourth-order valence-corrected chi connectivity index (χ4v) is 9.58. The van der Waals surface area contributed by atoms with Crippen LogP contribution in [0.3, 0.4) is 0 Å². The van der Waals surface area contributed by atoms with Crippen molar-refractivity contribution in [2.75, 3.05) is 27.0 Å². The SMILES string of the molecule is CCC[C@@H]1C[C@@H](C(=O)N[C@@H]([C@H]2O[C@H](SC)[C@H](OC(c3ccccc3)(c3ccccc3)c3ccccc3)[C@H]3OC(c4ccc(OC)cc4)O[C@H]32)[C@H](C)Cl)N(C)C1. The van der Waals surface area contributed by atoms with Crippen LogP contribution in [0.25, 0.3) is 0 Å². The molecule has 10 heteroatoms. The molecule has 3 saturated heterocycles. The zero-order chi connectivity index (χ0) is 38.5. The first-order chi connectivity index (χ1) is 26.8. The average Bonchev–Trinajstić information content (AvgIpc) is 3.84. The molecule has 10 atom stereocenters. The smallest absolute Gasteiger partial charge is 0.237 e. The molecule has 3 aliphatic heterocycles. The maximum Gasteiger partial charge on any atom is 0.237 e. The second-order valence-electron chi connectivity index (χ2n) is 14.9. The van der Waals surface area contributed by atoms with Gasteiger partial charge >= 0.3 is 0 Å². The number of ether oxygens (including phenoxy) is 5. The van der Waals surface area contributed by atoms with Crippen LogP contribution in [-0.2, 0) is 29.3 Å². The minimum Gasteiger partial charge on any atom is -0.497 e. The highest BCUT2D eigenvalue weighted by Crippen LogP contribution is 2.49. The van der Waals surface area contributed by atoms with E-state index in [-0.39, 0.29) is 11.9 Å². The number of halogens is 1. The predicted octanol–water partition coefficient (Wildman–Crippen LogP) is 8.18. The predicted molar refractivity (Wildman–Crippen MR) is 218 cm³/mol. The third kappa shape index (κ3) is 8.21. The first kappa shape index (κ1) is 39.8. The lowest BCUT2D eigenvalue weighted by molar-refractivity contribution is -0.207. The third-order valence-corrected chi connectivity index (χ3v) is 12.5. The van der Waals surface area contributed by atoms with Crippen LogP contribution in [0, 0.1) is 5.92 Å². The lowest BCUT2D eigenvalue weighted by Crippen LogP contribution is -2.65. The van der Waals surface area contributed by atoms with E-state index in [1.54, 1.807) is 18.9 Å². The van der Waals surface area contributed by atoms with Crippen molar-refractivity contribution in [1.29, 1.82) is 0 Å². The van der Waals surface area contributed by atoms with Crippen LogP contribution in [0.1, 0.15) is 61.7 Å². The number of benzene rings is 4. The van der Waals surface area contributed by atoms with Gasteiger partial charge in [0.25, 0.3) is 0 Å². The molecule has 4 aromatic rings. The van der Waals surface area contributed by atoms with Crippen molar-refractivity contribution in [2.24, 2.45) is 5.92 Å². The molecular weight excluding hydrogens is 732 g/mol. The number of carbonyl (C=O) groups excluding carboxylic acids is 1. The van der Waals surface area contributed by atoms with Gasteiger partial charge in [-0.2, -0.15) is 0 Å². The molecule has 4 aromatic carbocycles. The number of alkyl halides is 1. The van der Waals surface area contributed by atoms with E-state index in [2.05, 4.69) is 53.5 Å². The van der Waals surface area contributed by atoms with Crippen LogP contribution < -0.4 is 10.1 Å². The standard InChI is InChI=1S/C45H53ClN2O6S/c1-6-16-30-27-36(48(3)28-30)42(49)47-37(29(2)46)38-39-40(52-43(51-39)31-23-25-35(50-4)26-24-31)41(44(53-38)55-5)54-45(32-17-10-7-11-18-32,33-19-12-8-13-20-33)34-21-14-9-15-22-34/h7-15,17-26,29-30,36-41,43-44H,6,16,27-28H2,1-5H3,(H,47,49)/t29-,30+,36-,37+,38+,39-,40-,41+,43?,44+/m0/s1. The Bertz CT molecular complexity index is 1720. The lowest BCUT2D eigenvalue weighted by Gasteiger charge is -2.48. The van der Waals surface area contributed by atoms with E-state index in [1.807, 2.05) is 99.1 Å². The van der Waals surface area contributed by atoms with Crippen LogP contribution in [-0.4, -0.2) is 85.1 Å². The summed E-state index contributed by atoms with van der Waals surface area (Å²) in [5.41, 5.74) is 2.19. The van der Waals surface area contributed by atoms with E-state index in [4.69, 9.17) is 35.3 Å². The fraction of sp³-hybridized carbons (Fsp3) is 0.444. The third-order valence-electron chi connectivity index (χ3n) is 11.4. The Labute approximate surface area is 335 Å². The lowest BCUT2D eigenvalue weighted by atomic mass is 9.79. The number of amides is 1. The summed E-state index contributed by atoms with van der Waals surface area (Å²) in [6.45, 7) is 5.00. The summed E-state index contributed by atoms with van der Waals surface area (Å²) in [7, 11) is 3.68. The highest BCUT2D eigenvalue weighted by Gasteiger charge is 2.58. The molecule has 7 rings (SSSR count). The molecule has 1 unspecified atom stereocenters. The van der Waals surface area contributed by atoms with Gasteiger partial charge in [-0.3, -0.25) is 9.69 Å². The molecule has 292 valence electrons. The van der Waals surface area contributed by atoms with Crippen molar-refractivity contribution in [3.63, 3.8) is 0 Å². The Balaban J connectivity index is 1.29. The molecule has 0 spiro atoms. The maximum absolute atomic E-state index is 14.1. The molecule has 3 heterocycles. The monoisotopic (exact) mass is 784 g/mol. The highest BCUT2D eigenvalue weighted by atomic mass is 35.5. The Hall–Kier alpha value is -3.41. The van der Waals surface area contributed by atoms with Gasteiger partial charge in [0.15, 0.2) is 6.29 Å². The van der Waals surface area contributed by atoms with E-state index in [9.17, 15) is 4.79 Å².